The van der Waals surface area contributed by atoms with Crippen LogP contribution in [0.3, 0.4) is 0 Å². The summed E-state index contributed by atoms with van der Waals surface area (Å²) in [6.45, 7) is 3.92. The van der Waals surface area contributed by atoms with Gasteiger partial charge in [-0.1, -0.05) is 5.16 Å². The highest BCUT2D eigenvalue weighted by Gasteiger charge is 2.14. The van der Waals surface area contributed by atoms with Gasteiger partial charge < -0.3 is 9.84 Å². The first-order valence-electron chi connectivity index (χ1n) is 6.96. The van der Waals surface area contributed by atoms with Crippen molar-refractivity contribution in [1.29, 1.82) is 0 Å². The number of nitrogens with zero attached hydrogens (tertiary/aromatic N) is 2. The van der Waals surface area contributed by atoms with E-state index in [0.29, 0.717) is 16.3 Å². The monoisotopic (exact) mass is 331 g/mol. The van der Waals surface area contributed by atoms with Gasteiger partial charge in [-0.15, -0.1) is 11.3 Å². The third-order valence-electron chi connectivity index (χ3n) is 3.23. The van der Waals surface area contributed by atoms with Crippen LogP contribution in [0.2, 0.25) is 0 Å². The number of hydrogen-bond donors (Lipinski definition) is 1. The van der Waals surface area contributed by atoms with E-state index < -0.39 is 0 Å². The first-order valence-corrected chi connectivity index (χ1v) is 7.78. The van der Waals surface area contributed by atoms with Crippen LogP contribution < -0.4 is 5.32 Å². The fourth-order valence-corrected chi connectivity index (χ4v) is 2.97. The van der Waals surface area contributed by atoms with Crippen molar-refractivity contribution in [3.8, 4) is 11.3 Å². The fraction of sp³-hybridized carbons (Fsp3) is 0.188. The predicted octanol–water partition coefficient (Wildman–Crippen LogP) is 3.48. The molecule has 3 rings (SSSR count). The van der Waals surface area contributed by atoms with Crippen molar-refractivity contribution in [2.24, 2.45) is 0 Å². The van der Waals surface area contributed by atoms with E-state index in [0.717, 1.165) is 16.3 Å². The molecule has 23 heavy (non-hydrogen) atoms. The second-order valence-corrected chi connectivity index (χ2v) is 6.22. The van der Waals surface area contributed by atoms with Crippen LogP contribution >= 0.6 is 11.3 Å². The Morgan fingerprint density at radius 3 is 2.70 bits per heavy atom. The van der Waals surface area contributed by atoms with E-state index in [9.17, 15) is 9.18 Å². The van der Waals surface area contributed by atoms with Crippen LogP contribution in [0.1, 0.15) is 26.1 Å². The summed E-state index contributed by atoms with van der Waals surface area (Å²) in [6.07, 6.45) is 0. The molecule has 1 amide bonds. The summed E-state index contributed by atoms with van der Waals surface area (Å²) < 4.78 is 18.1. The van der Waals surface area contributed by atoms with Crippen molar-refractivity contribution in [3.63, 3.8) is 0 Å². The van der Waals surface area contributed by atoms with Crippen LogP contribution in [0.5, 0.6) is 0 Å². The molecule has 0 bridgehead atoms. The number of hydrogen-bond acceptors (Lipinski definition) is 5. The first kappa shape index (κ1) is 15.4. The van der Waals surface area contributed by atoms with E-state index in [1.165, 1.54) is 23.5 Å². The Kier molecular flexibility index (Phi) is 4.20. The molecule has 0 unspecified atom stereocenters. The smallest absolute Gasteiger partial charge is 0.263 e. The van der Waals surface area contributed by atoms with E-state index in [-0.39, 0.29) is 18.3 Å². The van der Waals surface area contributed by atoms with E-state index in [4.69, 9.17) is 4.52 Å². The second kappa shape index (κ2) is 6.29. The number of nitrogens with one attached hydrogen (secondary N) is 1. The highest BCUT2D eigenvalue weighted by atomic mass is 32.1. The Labute approximate surface area is 136 Å². The minimum Gasteiger partial charge on any atom is -0.356 e. The van der Waals surface area contributed by atoms with Crippen molar-refractivity contribution >= 4 is 17.2 Å². The number of thiazole rings is 1. The lowest BCUT2D eigenvalue weighted by Crippen LogP contribution is -2.22. The maximum absolute atomic E-state index is 12.9. The quantitative estimate of drug-likeness (QED) is 0.795. The fourth-order valence-electron chi connectivity index (χ4n) is 2.14. The molecule has 118 valence electrons. The molecule has 0 saturated carbocycles. The van der Waals surface area contributed by atoms with Crippen LogP contribution in [0.25, 0.3) is 11.3 Å². The van der Waals surface area contributed by atoms with Gasteiger partial charge in [-0.05, 0) is 38.1 Å². The van der Waals surface area contributed by atoms with Crippen molar-refractivity contribution < 1.29 is 13.7 Å². The van der Waals surface area contributed by atoms with Gasteiger partial charge in [-0.2, -0.15) is 0 Å². The molecule has 2 heterocycles. The van der Waals surface area contributed by atoms with Crippen molar-refractivity contribution in [1.82, 2.24) is 15.5 Å². The number of amides is 1. The topological polar surface area (TPSA) is 68.0 Å². The van der Waals surface area contributed by atoms with Gasteiger partial charge in [0.25, 0.3) is 5.91 Å². The number of halogens is 1. The number of benzene rings is 1. The zero-order valence-corrected chi connectivity index (χ0v) is 13.4. The van der Waals surface area contributed by atoms with Crippen molar-refractivity contribution in [3.05, 3.63) is 57.4 Å². The van der Waals surface area contributed by atoms with Crippen LogP contribution in [0.4, 0.5) is 4.39 Å². The molecule has 0 spiro atoms. The molecule has 0 radical (unpaired) electrons. The van der Waals surface area contributed by atoms with Crippen LogP contribution in [-0.4, -0.2) is 16.0 Å². The summed E-state index contributed by atoms with van der Waals surface area (Å²) >= 11 is 1.36. The second-order valence-electron chi connectivity index (χ2n) is 5.02. The lowest BCUT2D eigenvalue weighted by molar-refractivity contribution is 0.0953. The Balaban J connectivity index is 1.66. The molecular weight excluding hydrogens is 317 g/mol. The van der Waals surface area contributed by atoms with Crippen LogP contribution in [0, 0.1) is 19.7 Å². The number of carbonyl (C=O) groups excluding carboxylic acids is 1. The molecule has 0 aliphatic heterocycles. The molecule has 0 saturated heterocycles. The molecule has 5 nitrogen and oxygen atoms in total. The zero-order valence-electron chi connectivity index (χ0n) is 12.6. The summed E-state index contributed by atoms with van der Waals surface area (Å²) in [5.74, 6) is 0.0365. The SMILES string of the molecule is Cc1nc(C)c(C(=O)NCc2cc(-c3ccc(F)cc3)on2)s1. The standard InChI is InChI=1S/C16H14FN3O2S/c1-9-15(23-10(2)19-9)16(21)18-8-13-7-14(22-20-13)11-3-5-12(17)6-4-11/h3-7H,8H2,1-2H3,(H,18,21). The molecule has 7 heteroatoms. The van der Waals surface area contributed by atoms with Gasteiger partial charge in [0.05, 0.1) is 17.2 Å². The summed E-state index contributed by atoms with van der Waals surface area (Å²) in [6, 6.07) is 7.66. The summed E-state index contributed by atoms with van der Waals surface area (Å²) in [5.41, 5.74) is 2.04. The summed E-state index contributed by atoms with van der Waals surface area (Å²) in [7, 11) is 0. The van der Waals surface area contributed by atoms with Gasteiger partial charge in [0, 0.05) is 11.6 Å². The third-order valence-corrected chi connectivity index (χ3v) is 4.30. The highest BCUT2D eigenvalue weighted by molar-refractivity contribution is 7.13. The molecule has 1 N–H and O–H groups in total. The normalized spacial score (nSPS) is 10.7. The Bertz CT molecular complexity index is 839. The van der Waals surface area contributed by atoms with Crippen molar-refractivity contribution in [2.45, 2.75) is 20.4 Å². The van der Waals surface area contributed by atoms with Gasteiger partial charge in [0.2, 0.25) is 0 Å². The van der Waals surface area contributed by atoms with Gasteiger partial charge in [0.15, 0.2) is 5.76 Å². The molecule has 0 atom stereocenters. The minimum absolute atomic E-state index is 0.181. The summed E-state index contributed by atoms with van der Waals surface area (Å²) in [4.78, 5) is 17.0. The molecule has 0 aliphatic carbocycles. The summed E-state index contributed by atoms with van der Waals surface area (Å²) in [5, 5.41) is 7.56. The van der Waals surface area contributed by atoms with Crippen LogP contribution in [-0.2, 0) is 6.54 Å². The molecule has 0 fully saturated rings. The predicted molar refractivity (Wildman–Crippen MR) is 84.7 cm³/mol. The number of rotatable bonds is 4. The Hall–Kier alpha value is -2.54. The van der Waals surface area contributed by atoms with Crippen LogP contribution in [0.15, 0.2) is 34.9 Å². The minimum atomic E-state index is -0.309. The zero-order chi connectivity index (χ0) is 16.4. The highest BCUT2D eigenvalue weighted by Crippen LogP contribution is 2.21. The van der Waals surface area contributed by atoms with E-state index in [2.05, 4.69) is 15.5 Å². The average Bonchev–Trinajstić information content (AvgIpc) is 3.12. The van der Waals surface area contributed by atoms with Crippen molar-refractivity contribution in [2.75, 3.05) is 0 Å². The number of carbonyl (C=O) groups is 1. The maximum atomic E-state index is 12.9. The number of aromatic nitrogens is 2. The molecule has 0 aliphatic rings. The maximum Gasteiger partial charge on any atom is 0.263 e. The lowest BCUT2D eigenvalue weighted by atomic mass is 10.1. The van der Waals surface area contributed by atoms with Gasteiger partial charge in [-0.25, -0.2) is 9.37 Å². The number of aryl methyl sites for hydroxylation is 2. The van der Waals surface area contributed by atoms with Gasteiger partial charge in [0.1, 0.15) is 16.4 Å². The van der Waals surface area contributed by atoms with E-state index >= 15 is 0 Å². The Morgan fingerprint density at radius 2 is 2.04 bits per heavy atom. The first-order chi connectivity index (χ1) is 11.0. The van der Waals surface area contributed by atoms with E-state index in [1.807, 2.05) is 6.92 Å². The Morgan fingerprint density at radius 1 is 1.30 bits per heavy atom. The molecule has 2 aromatic heterocycles. The largest absolute Gasteiger partial charge is 0.356 e. The lowest BCUT2D eigenvalue weighted by Gasteiger charge is -2.00. The average molecular weight is 331 g/mol. The van der Waals surface area contributed by atoms with Gasteiger partial charge >= 0.3 is 0 Å². The molecule has 3 aromatic rings. The molecule has 1 aromatic carbocycles. The third kappa shape index (κ3) is 3.45. The van der Waals surface area contributed by atoms with E-state index in [1.54, 1.807) is 25.1 Å². The molecular formula is C16H14FN3O2S. The van der Waals surface area contributed by atoms with Gasteiger partial charge in [-0.3, -0.25) is 4.79 Å².